The maximum absolute atomic E-state index is 13.4. The van der Waals surface area contributed by atoms with Crippen molar-refractivity contribution in [2.24, 2.45) is 56.7 Å². The Morgan fingerprint density at radius 2 is 1.59 bits per heavy atom. The molecule has 5 aliphatic carbocycles. The normalized spacial score (nSPS) is 56.9. The van der Waals surface area contributed by atoms with Gasteiger partial charge in [0, 0.05) is 11.3 Å². The van der Waals surface area contributed by atoms with Gasteiger partial charge in [-0.2, -0.15) is 0 Å². The van der Waals surface area contributed by atoms with Crippen LogP contribution in [0.15, 0.2) is 11.6 Å². The topological polar surface area (TPSA) is 66.8 Å². The highest BCUT2D eigenvalue weighted by atomic mass is 16.6. The number of aliphatic hydroxyl groups excluding tert-OH is 2. The largest absolute Gasteiger partial charge is 0.458 e. The van der Waals surface area contributed by atoms with Crippen molar-refractivity contribution in [3.8, 4) is 0 Å². The first-order valence-electron chi connectivity index (χ1n) is 14.0. The molecule has 190 valence electrons. The van der Waals surface area contributed by atoms with Crippen LogP contribution in [0.5, 0.6) is 0 Å². The van der Waals surface area contributed by atoms with Crippen molar-refractivity contribution < 1.29 is 19.7 Å². The first-order chi connectivity index (χ1) is 15.7. The third kappa shape index (κ3) is 2.56. The second-order valence-electron chi connectivity index (χ2n) is 15.3. The lowest BCUT2D eigenvalue weighted by Gasteiger charge is -2.72. The Morgan fingerprint density at radius 1 is 0.912 bits per heavy atom. The minimum atomic E-state index is -0.573. The average molecular weight is 471 g/mol. The summed E-state index contributed by atoms with van der Waals surface area (Å²) < 4.78 is 6.29. The summed E-state index contributed by atoms with van der Waals surface area (Å²) in [4.78, 5) is 13.4. The average Bonchev–Trinajstić information content (AvgIpc) is 2.73. The van der Waals surface area contributed by atoms with Gasteiger partial charge in [0.1, 0.15) is 6.10 Å². The molecular weight excluding hydrogens is 424 g/mol. The fourth-order valence-corrected chi connectivity index (χ4v) is 11.3. The summed E-state index contributed by atoms with van der Waals surface area (Å²) >= 11 is 0. The summed E-state index contributed by atoms with van der Waals surface area (Å²) in [5, 5.41) is 22.7. The van der Waals surface area contributed by atoms with E-state index in [1.807, 2.05) is 0 Å². The van der Waals surface area contributed by atoms with E-state index in [2.05, 4.69) is 54.5 Å². The van der Waals surface area contributed by atoms with E-state index in [-0.39, 0.29) is 56.9 Å². The van der Waals surface area contributed by atoms with Gasteiger partial charge in [-0.05, 0) is 84.4 Å². The Hall–Kier alpha value is -0.870. The van der Waals surface area contributed by atoms with Gasteiger partial charge in [-0.25, -0.2) is 0 Å². The fourth-order valence-electron chi connectivity index (χ4n) is 11.3. The van der Waals surface area contributed by atoms with Crippen LogP contribution in [-0.2, 0) is 9.53 Å². The Balaban J connectivity index is 1.50. The van der Waals surface area contributed by atoms with E-state index in [0.29, 0.717) is 11.8 Å². The van der Waals surface area contributed by atoms with Crippen molar-refractivity contribution in [1.29, 1.82) is 0 Å². The van der Waals surface area contributed by atoms with Gasteiger partial charge in [0.15, 0.2) is 0 Å². The zero-order valence-corrected chi connectivity index (χ0v) is 22.4. The van der Waals surface area contributed by atoms with E-state index in [0.717, 1.165) is 44.9 Å². The molecule has 0 unspecified atom stereocenters. The summed E-state index contributed by atoms with van der Waals surface area (Å²) in [7, 11) is 0. The molecule has 5 fully saturated rings. The summed E-state index contributed by atoms with van der Waals surface area (Å²) in [5.74, 6) is 0.973. The van der Waals surface area contributed by atoms with E-state index in [4.69, 9.17) is 4.74 Å². The van der Waals surface area contributed by atoms with Crippen LogP contribution in [0, 0.1) is 56.7 Å². The van der Waals surface area contributed by atoms with Crippen LogP contribution in [0.2, 0.25) is 0 Å². The minimum absolute atomic E-state index is 0.00874. The molecule has 1 heterocycles. The number of hydrogen-bond donors (Lipinski definition) is 2. The lowest BCUT2D eigenvalue weighted by molar-refractivity contribution is -0.263. The van der Waals surface area contributed by atoms with Crippen molar-refractivity contribution in [3.63, 3.8) is 0 Å². The van der Waals surface area contributed by atoms with Gasteiger partial charge in [0.05, 0.1) is 18.1 Å². The third-order valence-electron chi connectivity index (χ3n) is 13.1. The zero-order valence-electron chi connectivity index (χ0n) is 22.4. The predicted octanol–water partition coefficient (Wildman–Crippen LogP) is 5.51. The lowest BCUT2D eigenvalue weighted by atomic mass is 9.33. The zero-order chi connectivity index (χ0) is 24.6. The third-order valence-corrected chi connectivity index (χ3v) is 13.1. The van der Waals surface area contributed by atoms with Gasteiger partial charge in [-0.1, -0.05) is 60.1 Å². The smallest absolute Gasteiger partial charge is 0.309 e. The van der Waals surface area contributed by atoms with Crippen LogP contribution in [0.25, 0.3) is 0 Å². The van der Waals surface area contributed by atoms with Crippen LogP contribution < -0.4 is 0 Å². The van der Waals surface area contributed by atoms with Gasteiger partial charge < -0.3 is 14.9 Å². The molecule has 6 rings (SSSR count). The number of rotatable bonds is 0. The second-order valence-corrected chi connectivity index (χ2v) is 15.3. The van der Waals surface area contributed by atoms with E-state index in [1.165, 1.54) is 5.57 Å². The van der Waals surface area contributed by atoms with Crippen LogP contribution in [-0.4, -0.2) is 34.5 Å². The van der Waals surface area contributed by atoms with Crippen LogP contribution in [0.4, 0.5) is 0 Å². The molecule has 0 spiro atoms. The summed E-state index contributed by atoms with van der Waals surface area (Å²) in [6.07, 6.45) is 8.30. The van der Waals surface area contributed by atoms with Crippen LogP contribution >= 0.6 is 0 Å². The van der Waals surface area contributed by atoms with E-state index < -0.39 is 12.2 Å². The SMILES string of the molecule is CC1(C)C[C@H]2C(=O)O[C@@H]3[C@@H](O)[C@H]2[C@@H](C1)C1=CC[C@@H]2[C@@]4(C)CC[C@H](O)C(C)(C)[C@@H]4CC[C@@]2(C)[C@@]13C. The first kappa shape index (κ1) is 23.5. The molecule has 0 aromatic rings. The number of fused-ring (bicyclic) bond motifs is 8. The summed E-state index contributed by atoms with van der Waals surface area (Å²) in [6.45, 7) is 16.4. The highest BCUT2D eigenvalue weighted by Gasteiger charge is 2.73. The quantitative estimate of drug-likeness (QED) is 0.362. The van der Waals surface area contributed by atoms with Crippen molar-refractivity contribution in [1.82, 2.24) is 0 Å². The molecule has 1 aliphatic heterocycles. The van der Waals surface area contributed by atoms with Crippen molar-refractivity contribution in [2.75, 3.05) is 0 Å². The molecule has 4 heteroatoms. The molecule has 0 aromatic carbocycles. The highest BCUT2D eigenvalue weighted by molar-refractivity contribution is 5.75. The minimum Gasteiger partial charge on any atom is -0.458 e. The molecule has 0 radical (unpaired) electrons. The highest BCUT2D eigenvalue weighted by Crippen LogP contribution is 2.75. The Kier molecular flexibility index (Phi) is 4.64. The number of carbonyl (C=O) groups is 1. The lowest BCUT2D eigenvalue weighted by Crippen LogP contribution is -2.72. The van der Waals surface area contributed by atoms with Gasteiger partial charge in [0.2, 0.25) is 0 Å². The van der Waals surface area contributed by atoms with Crippen LogP contribution in [0.1, 0.15) is 93.4 Å². The monoisotopic (exact) mass is 470 g/mol. The predicted molar refractivity (Wildman–Crippen MR) is 132 cm³/mol. The number of ether oxygens (including phenoxy) is 1. The molecule has 0 aromatic heterocycles. The maximum atomic E-state index is 13.4. The van der Waals surface area contributed by atoms with Gasteiger partial charge in [0.25, 0.3) is 0 Å². The number of carbonyl (C=O) groups excluding carboxylic acids is 1. The standard InChI is InChI=1S/C30H46O4/c1-26(2)14-16-18-8-9-20-28(5)12-11-21(31)27(3,4)19(28)10-13-29(20,6)30(18,7)24-23(32)22(16)17(15-26)25(33)34-24/h8,16-17,19-24,31-32H,9-15H2,1-7H3/t16-,17+,19-,20+,21-,22-,23-,24+,28-,29+,30-/m0/s1. The van der Waals surface area contributed by atoms with E-state index in [1.54, 1.807) is 0 Å². The Bertz CT molecular complexity index is 949. The molecule has 1 saturated heterocycles. The van der Waals surface area contributed by atoms with Gasteiger partial charge in [-0.15, -0.1) is 0 Å². The molecular formula is C30H46O4. The van der Waals surface area contributed by atoms with E-state index in [9.17, 15) is 15.0 Å². The fraction of sp³-hybridized carbons (Fsp3) is 0.900. The molecule has 6 aliphatic rings. The number of allylic oxidation sites excluding steroid dienone is 1. The second kappa shape index (κ2) is 6.71. The molecule has 4 nitrogen and oxygen atoms in total. The maximum Gasteiger partial charge on any atom is 0.309 e. The number of aliphatic hydroxyl groups is 2. The molecule has 34 heavy (non-hydrogen) atoms. The number of esters is 1. The first-order valence-corrected chi connectivity index (χ1v) is 14.0. The molecule has 2 N–H and O–H groups in total. The molecule has 11 atom stereocenters. The summed E-state index contributed by atoms with van der Waals surface area (Å²) in [6, 6.07) is 0. The van der Waals surface area contributed by atoms with Crippen molar-refractivity contribution in [2.45, 2.75) is 112 Å². The van der Waals surface area contributed by atoms with Gasteiger partial charge in [-0.3, -0.25) is 4.79 Å². The Morgan fingerprint density at radius 3 is 2.29 bits per heavy atom. The van der Waals surface area contributed by atoms with Gasteiger partial charge >= 0.3 is 5.97 Å². The van der Waals surface area contributed by atoms with Crippen molar-refractivity contribution in [3.05, 3.63) is 11.6 Å². The molecule has 2 bridgehead atoms. The van der Waals surface area contributed by atoms with Crippen molar-refractivity contribution >= 4 is 5.97 Å². The Labute approximate surface area is 205 Å². The number of hydrogen-bond acceptors (Lipinski definition) is 4. The molecule has 0 amide bonds. The molecule has 4 saturated carbocycles. The van der Waals surface area contributed by atoms with Crippen LogP contribution in [0.3, 0.4) is 0 Å². The summed E-state index contributed by atoms with van der Waals surface area (Å²) in [5.41, 5.74) is 1.21. The van der Waals surface area contributed by atoms with E-state index >= 15 is 0 Å².